The van der Waals surface area contributed by atoms with Crippen LogP contribution in [-0.4, -0.2) is 12.1 Å². The van der Waals surface area contributed by atoms with E-state index in [9.17, 15) is 0 Å². The molecule has 0 saturated heterocycles. The van der Waals surface area contributed by atoms with Crippen molar-refractivity contribution in [2.75, 3.05) is 0 Å². The van der Waals surface area contributed by atoms with Crippen LogP contribution in [0.3, 0.4) is 0 Å². The summed E-state index contributed by atoms with van der Waals surface area (Å²) < 4.78 is 0. The van der Waals surface area contributed by atoms with Gasteiger partial charge in [0.15, 0.2) is 0 Å². The van der Waals surface area contributed by atoms with E-state index in [2.05, 4.69) is 13.5 Å². The molecular formula is C9H20N2. The molecule has 11 heavy (non-hydrogen) atoms. The Morgan fingerprint density at radius 2 is 1.91 bits per heavy atom. The number of hydrogen-bond acceptors (Lipinski definition) is 2. The molecule has 0 spiro atoms. The lowest BCUT2D eigenvalue weighted by molar-refractivity contribution is 0.522. The van der Waals surface area contributed by atoms with Crippen LogP contribution in [0.4, 0.5) is 0 Å². The predicted octanol–water partition coefficient (Wildman–Crippen LogP) is 1.41. The molecule has 0 aromatic rings. The fourth-order valence-electron chi connectivity index (χ4n) is 1.04. The van der Waals surface area contributed by atoms with Crippen LogP contribution in [0.1, 0.15) is 32.6 Å². The summed E-state index contributed by atoms with van der Waals surface area (Å²) in [5.41, 5.74) is 11.4. The topological polar surface area (TPSA) is 52.0 Å². The van der Waals surface area contributed by atoms with Gasteiger partial charge < -0.3 is 11.5 Å². The van der Waals surface area contributed by atoms with Crippen LogP contribution in [0.25, 0.3) is 0 Å². The van der Waals surface area contributed by atoms with Gasteiger partial charge in [-0.1, -0.05) is 19.4 Å². The van der Waals surface area contributed by atoms with E-state index in [4.69, 9.17) is 11.5 Å². The third kappa shape index (κ3) is 6.07. The molecule has 4 N–H and O–H groups in total. The van der Waals surface area contributed by atoms with Gasteiger partial charge in [-0.2, -0.15) is 0 Å². The van der Waals surface area contributed by atoms with Crippen LogP contribution >= 0.6 is 0 Å². The van der Waals surface area contributed by atoms with Gasteiger partial charge in [0, 0.05) is 12.1 Å². The maximum atomic E-state index is 5.80. The van der Waals surface area contributed by atoms with Crippen LogP contribution in [0, 0.1) is 0 Å². The third-order valence-electron chi connectivity index (χ3n) is 1.83. The summed E-state index contributed by atoms with van der Waals surface area (Å²) in [6.45, 7) is 5.76. The Kier molecular flexibility index (Phi) is 6.18. The maximum Gasteiger partial charge on any atom is 0.0221 e. The SMILES string of the molecule is C=CC(N)CCC(N)CCC. The van der Waals surface area contributed by atoms with Crippen molar-refractivity contribution in [3.63, 3.8) is 0 Å². The summed E-state index contributed by atoms with van der Waals surface area (Å²) in [4.78, 5) is 0. The fourth-order valence-corrected chi connectivity index (χ4v) is 1.04. The normalized spacial score (nSPS) is 15.9. The van der Waals surface area contributed by atoms with E-state index in [-0.39, 0.29) is 6.04 Å². The average Bonchev–Trinajstić information content (AvgIpc) is 2.01. The van der Waals surface area contributed by atoms with E-state index in [1.807, 2.05) is 0 Å². The highest BCUT2D eigenvalue weighted by Crippen LogP contribution is 2.03. The van der Waals surface area contributed by atoms with Gasteiger partial charge in [-0.3, -0.25) is 0 Å². The van der Waals surface area contributed by atoms with Gasteiger partial charge in [0.05, 0.1) is 0 Å². The standard InChI is InChI=1S/C9H20N2/c1-3-5-9(11)7-6-8(10)4-2/h4,8-9H,2-3,5-7,10-11H2,1H3. The Labute approximate surface area is 69.6 Å². The molecule has 66 valence electrons. The van der Waals surface area contributed by atoms with E-state index in [1.54, 1.807) is 6.08 Å². The fraction of sp³-hybridized carbons (Fsp3) is 0.778. The van der Waals surface area contributed by atoms with Crippen LogP contribution in [-0.2, 0) is 0 Å². The predicted molar refractivity (Wildman–Crippen MR) is 50.3 cm³/mol. The van der Waals surface area contributed by atoms with Crippen molar-refractivity contribution in [2.24, 2.45) is 11.5 Å². The molecule has 0 aliphatic rings. The molecule has 2 heteroatoms. The molecule has 0 saturated carbocycles. The molecule has 0 aromatic carbocycles. The second-order valence-electron chi connectivity index (χ2n) is 3.03. The molecule has 0 radical (unpaired) electrons. The van der Waals surface area contributed by atoms with Crippen LogP contribution in [0.2, 0.25) is 0 Å². The summed E-state index contributed by atoms with van der Waals surface area (Å²) in [5.74, 6) is 0. The van der Waals surface area contributed by atoms with Crippen molar-refractivity contribution in [3.05, 3.63) is 12.7 Å². The van der Waals surface area contributed by atoms with Crippen molar-refractivity contribution in [1.82, 2.24) is 0 Å². The maximum absolute atomic E-state index is 5.80. The Balaban J connectivity index is 3.29. The van der Waals surface area contributed by atoms with Gasteiger partial charge in [0.2, 0.25) is 0 Å². The van der Waals surface area contributed by atoms with E-state index in [1.165, 1.54) is 0 Å². The molecule has 0 fully saturated rings. The van der Waals surface area contributed by atoms with Gasteiger partial charge in [-0.15, -0.1) is 6.58 Å². The minimum Gasteiger partial charge on any atom is -0.328 e. The summed E-state index contributed by atoms with van der Waals surface area (Å²) in [7, 11) is 0. The van der Waals surface area contributed by atoms with Crippen LogP contribution in [0.15, 0.2) is 12.7 Å². The number of hydrogen-bond donors (Lipinski definition) is 2. The minimum atomic E-state index is 0.123. The average molecular weight is 156 g/mol. The van der Waals surface area contributed by atoms with E-state index in [0.717, 1.165) is 25.7 Å². The number of rotatable bonds is 6. The Hall–Kier alpha value is -0.340. The molecule has 0 aliphatic carbocycles. The minimum absolute atomic E-state index is 0.123. The lowest BCUT2D eigenvalue weighted by Gasteiger charge is -2.11. The first-order chi connectivity index (χ1) is 5.20. The Morgan fingerprint density at radius 3 is 2.36 bits per heavy atom. The zero-order chi connectivity index (χ0) is 8.69. The molecule has 2 unspecified atom stereocenters. The van der Waals surface area contributed by atoms with Crippen molar-refractivity contribution < 1.29 is 0 Å². The van der Waals surface area contributed by atoms with E-state index < -0.39 is 0 Å². The molecule has 0 aliphatic heterocycles. The quantitative estimate of drug-likeness (QED) is 0.571. The first-order valence-electron chi connectivity index (χ1n) is 4.34. The molecule has 0 aromatic heterocycles. The van der Waals surface area contributed by atoms with Crippen molar-refractivity contribution >= 4 is 0 Å². The summed E-state index contributed by atoms with van der Waals surface area (Å²) in [6, 6.07) is 0.448. The van der Waals surface area contributed by atoms with Crippen LogP contribution in [0.5, 0.6) is 0 Å². The second-order valence-corrected chi connectivity index (χ2v) is 3.03. The van der Waals surface area contributed by atoms with E-state index in [0.29, 0.717) is 6.04 Å². The smallest absolute Gasteiger partial charge is 0.0221 e. The highest BCUT2D eigenvalue weighted by molar-refractivity contribution is 4.82. The lowest BCUT2D eigenvalue weighted by Crippen LogP contribution is -2.24. The zero-order valence-corrected chi connectivity index (χ0v) is 7.42. The van der Waals surface area contributed by atoms with Gasteiger partial charge >= 0.3 is 0 Å². The van der Waals surface area contributed by atoms with Gasteiger partial charge in [-0.05, 0) is 19.3 Å². The molecular weight excluding hydrogens is 136 g/mol. The molecule has 0 amide bonds. The summed E-state index contributed by atoms with van der Waals surface area (Å²) in [6.07, 6.45) is 6.01. The lowest BCUT2D eigenvalue weighted by atomic mass is 10.0. The summed E-state index contributed by atoms with van der Waals surface area (Å²) >= 11 is 0. The van der Waals surface area contributed by atoms with Crippen molar-refractivity contribution in [2.45, 2.75) is 44.7 Å². The first kappa shape index (κ1) is 10.7. The molecule has 2 nitrogen and oxygen atoms in total. The second kappa shape index (κ2) is 6.38. The van der Waals surface area contributed by atoms with Gasteiger partial charge in [0.1, 0.15) is 0 Å². The molecule has 0 heterocycles. The monoisotopic (exact) mass is 156 g/mol. The third-order valence-corrected chi connectivity index (χ3v) is 1.83. The van der Waals surface area contributed by atoms with Gasteiger partial charge in [-0.25, -0.2) is 0 Å². The van der Waals surface area contributed by atoms with Crippen molar-refractivity contribution in [3.8, 4) is 0 Å². The van der Waals surface area contributed by atoms with Crippen molar-refractivity contribution in [1.29, 1.82) is 0 Å². The highest BCUT2D eigenvalue weighted by atomic mass is 14.6. The van der Waals surface area contributed by atoms with Crippen LogP contribution < -0.4 is 11.5 Å². The zero-order valence-electron chi connectivity index (χ0n) is 7.42. The highest BCUT2D eigenvalue weighted by Gasteiger charge is 2.02. The molecule has 2 atom stereocenters. The number of nitrogens with two attached hydrogens (primary N) is 2. The first-order valence-corrected chi connectivity index (χ1v) is 4.34. The molecule has 0 bridgehead atoms. The largest absolute Gasteiger partial charge is 0.328 e. The molecule has 0 rings (SSSR count). The Bertz CT molecular complexity index is 102. The Morgan fingerprint density at radius 1 is 1.27 bits per heavy atom. The van der Waals surface area contributed by atoms with Gasteiger partial charge in [0.25, 0.3) is 0 Å². The van der Waals surface area contributed by atoms with E-state index >= 15 is 0 Å². The summed E-state index contributed by atoms with van der Waals surface area (Å²) in [5, 5.41) is 0.